The first-order valence-electron chi connectivity index (χ1n) is 8.80. The number of benzene rings is 1. The highest BCUT2D eigenvalue weighted by Crippen LogP contribution is 2.37. The number of para-hydroxylation sites is 1. The van der Waals surface area contributed by atoms with Crippen molar-refractivity contribution in [1.82, 2.24) is 10.2 Å². The van der Waals surface area contributed by atoms with Gasteiger partial charge >= 0.3 is 0 Å². The van der Waals surface area contributed by atoms with Gasteiger partial charge in [0.2, 0.25) is 5.91 Å². The molecular weight excluding hydrogens is 322 g/mol. The maximum absolute atomic E-state index is 12.3. The van der Waals surface area contributed by atoms with Crippen LogP contribution in [-0.2, 0) is 9.53 Å². The highest BCUT2D eigenvalue weighted by atomic mass is 32.2. The van der Waals surface area contributed by atoms with E-state index in [0.717, 1.165) is 52.4 Å². The smallest absolute Gasteiger partial charge is 0.239 e. The van der Waals surface area contributed by atoms with Crippen LogP contribution >= 0.6 is 11.8 Å². The van der Waals surface area contributed by atoms with Crippen LogP contribution in [0.3, 0.4) is 0 Å². The third kappa shape index (κ3) is 4.88. The number of nitrogens with one attached hydrogen (secondary N) is 1. The Bertz CT molecular complexity index is 549. The predicted molar refractivity (Wildman–Crippen MR) is 98.9 cm³/mol. The number of fused-ring (bicyclic) bond motifs is 1. The molecule has 1 fully saturated rings. The number of nitrogens with zero attached hydrogens (tertiary/aromatic N) is 2. The van der Waals surface area contributed by atoms with Crippen molar-refractivity contribution in [2.75, 3.05) is 57.4 Å². The lowest BCUT2D eigenvalue weighted by atomic mass is 10.2. The van der Waals surface area contributed by atoms with Crippen LogP contribution in [0.4, 0.5) is 5.69 Å². The molecule has 0 bridgehead atoms. The SMILES string of the molecule is C[C@@H]1CN(CC(=O)NCCCN2CCOCC2)c2ccccc2S1. The van der Waals surface area contributed by atoms with Crippen molar-refractivity contribution < 1.29 is 9.53 Å². The molecule has 132 valence electrons. The molecule has 2 aliphatic heterocycles. The molecule has 1 aromatic rings. The third-order valence-corrected chi connectivity index (χ3v) is 5.57. The molecular formula is C18H27N3O2S. The molecule has 0 aromatic heterocycles. The zero-order chi connectivity index (χ0) is 16.8. The van der Waals surface area contributed by atoms with Gasteiger partial charge < -0.3 is 15.0 Å². The van der Waals surface area contributed by atoms with Crippen molar-refractivity contribution in [3.63, 3.8) is 0 Å². The number of hydrogen-bond acceptors (Lipinski definition) is 5. The summed E-state index contributed by atoms with van der Waals surface area (Å²) in [4.78, 5) is 18.2. The van der Waals surface area contributed by atoms with Crippen LogP contribution in [0.25, 0.3) is 0 Å². The lowest BCUT2D eigenvalue weighted by molar-refractivity contribution is -0.119. The number of amides is 1. The Balaban J connectivity index is 1.42. The second kappa shape index (κ2) is 8.74. The Kier molecular flexibility index (Phi) is 6.40. The summed E-state index contributed by atoms with van der Waals surface area (Å²) in [5.41, 5.74) is 1.18. The van der Waals surface area contributed by atoms with E-state index in [-0.39, 0.29) is 5.91 Å². The molecule has 2 aliphatic rings. The van der Waals surface area contributed by atoms with E-state index in [2.05, 4.69) is 40.2 Å². The summed E-state index contributed by atoms with van der Waals surface area (Å²) in [6.07, 6.45) is 0.995. The van der Waals surface area contributed by atoms with Crippen molar-refractivity contribution in [3.05, 3.63) is 24.3 Å². The lowest BCUT2D eigenvalue weighted by Gasteiger charge is -2.33. The molecule has 0 spiro atoms. The Morgan fingerprint density at radius 3 is 2.96 bits per heavy atom. The summed E-state index contributed by atoms with van der Waals surface area (Å²) >= 11 is 1.89. The molecule has 1 aromatic carbocycles. The van der Waals surface area contributed by atoms with Gasteiger partial charge in [0, 0.05) is 36.3 Å². The molecule has 0 unspecified atom stereocenters. The molecule has 0 radical (unpaired) electrons. The first-order valence-corrected chi connectivity index (χ1v) is 9.68. The second-order valence-electron chi connectivity index (χ2n) is 6.43. The van der Waals surface area contributed by atoms with Crippen LogP contribution in [0.5, 0.6) is 0 Å². The summed E-state index contributed by atoms with van der Waals surface area (Å²) in [5.74, 6) is 0.117. The third-order valence-electron chi connectivity index (χ3n) is 4.42. The second-order valence-corrected chi connectivity index (χ2v) is 7.91. The lowest BCUT2D eigenvalue weighted by Crippen LogP contribution is -2.42. The average Bonchev–Trinajstić information content (AvgIpc) is 2.59. The van der Waals surface area contributed by atoms with Crippen LogP contribution in [0.2, 0.25) is 0 Å². The van der Waals surface area contributed by atoms with Crippen molar-refractivity contribution in [3.8, 4) is 0 Å². The summed E-state index contributed by atoms with van der Waals surface area (Å²) in [6, 6.07) is 8.36. The highest BCUT2D eigenvalue weighted by Gasteiger charge is 2.23. The normalized spacial score (nSPS) is 21.4. The van der Waals surface area contributed by atoms with E-state index in [9.17, 15) is 4.79 Å². The zero-order valence-electron chi connectivity index (χ0n) is 14.4. The highest BCUT2D eigenvalue weighted by molar-refractivity contribution is 8.00. The molecule has 0 saturated carbocycles. The van der Waals surface area contributed by atoms with Gasteiger partial charge in [-0.25, -0.2) is 0 Å². The Morgan fingerprint density at radius 1 is 1.33 bits per heavy atom. The van der Waals surface area contributed by atoms with Crippen LogP contribution in [0, 0.1) is 0 Å². The van der Waals surface area contributed by atoms with Gasteiger partial charge in [-0.3, -0.25) is 9.69 Å². The first kappa shape index (κ1) is 17.6. The summed E-state index contributed by atoms with van der Waals surface area (Å²) < 4.78 is 5.35. The fourth-order valence-corrected chi connectivity index (χ4v) is 4.38. The number of morpholine rings is 1. The molecule has 24 heavy (non-hydrogen) atoms. The summed E-state index contributed by atoms with van der Waals surface area (Å²) in [7, 11) is 0. The quantitative estimate of drug-likeness (QED) is 0.794. The number of thioether (sulfide) groups is 1. The minimum Gasteiger partial charge on any atom is -0.379 e. The maximum atomic E-state index is 12.3. The zero-order valence-corrected chi connectivity index (χ0v) is 15.2. The molecule has 1 N–H and O–H groups in total. The minimum absolute atomic E-state index is 0.117. The number of hydrogen-bond donors (Lipinski definition) is 1. The van der Waals surface area contributed by atoms with Gasteiger partial charge in [0.1, 0.15) is 0 Å². The van der Waals surface area contributed by atoms with Gasteiger partial charge in [0.05, 0.1) is 25.4 Å². The van der Waals surface area contributed by atoms with Gasteiger partial charge in [-0.1, -0.05) is 19.1 Å². The minimum atomic E-state index is 0.117. The predicted octanol–water partition coefficient (Wildman–Crippen LogP) is 1.83. The van der Waals surface area contributed by atoms with Crippen molar-refractivity contribution in [2.45, 2.75) is 23.5 Å². The van der Waals surface area contributed by atoms with Crippen LogP contribution < -0.4 is 10.2 Å². The Morgan fingerprint density at radius 2 is 2.12 bits per heavy atom. The Labute approximate surface area is 148 Å². The molecule has 1 saturated heterocycles. The van der Waals surface area contributed by atoms with Crippen LogP contribution in [0.15, 0.2) is 29.2 Å². The van der Waals surface area contributed by atoms with Crippen LogP contribution in [-0.4, -0.2) is 68.5 Å². The van der Waals surface area contributed by atoms with Crippen molar-refractivity contribution in [1.29, 1.82) is 0 Å². The average molecular weight is 349 g/mol. The van der Waals surface area contributed by atoms with Crippen LogP contribution in [0.1, 0.15) is 13.3 Å². The molecule has 5 nitrogen and oxygen atoms in total. The maximum Gasteiger partial charge on any atom is 0.239 e. The van der Waals surface area contributed by atoms with E-state index >= 15 is 0 Å². The van der Waals surface area contributed by atoms with E-state index in [1.54, 1.807) is 0 Å². The van der Waals surface area contributed by atoms with Crippen molar-refractivity contribution >= 4 is 23.4 Å². The van der Waals surface area contributed by atoms with E-state index in [1.807, 2.05) is 17.8 Å². The number of anilines is 1. The fraction of sp³-hybridized carbons (Fsp3) is 0.611. The molecule has 0 aliphatic carbocycles. The summed E-state index contributed by atoms with van der Waals surface area (Å²) in [5, 5.41) is 3.58. The van der Waals surface area contributed by atoms with E-state index in [1.165, 1.54) is 10.6 Å². The standard InChI is InChI=1S/C18H27N3O2S/c1-15-13-21(16-5-2-3-6-17(16)24-15)14-18(22)19-7-4-8-20-9-11-23-12-10-20/h2-3,5-6,15H,4,7-14H2,1H3,(H,19,22)/t15-/m1/s1. The van der Waals surface area contributed by atoms with E-state index in [4.69, 9.17) is 4.74 Å². The molecule has 1 atom stereocenters. The number of rotatable bonds is 6. The van der Waals surface area contributed by atoms with E-state index < -0.39 is 0 Å². The monoisotopic (exact) mass is 349 g/mol. The van der Waals surface area contributed by atoms with Gasteiger partial charge in [0.25, 0.3) is 0 Å². The first-order chi connectivity index (χ1) is 11.7. The molecule has 6 heteroatoms. The molecule has 3 rings (SSSR count). The van der Waals surface area contributed by atoms with Gasteiger partial charge in [0.15, 0.2) is 0 Å². The topological polar surface area (TPSA) is 44.8 Å². The molecule has 1 amide bonds. The number of carbonyl (C=O) groups is 1. The Hall–Kier alpha value is -1.24. The number of carbonyl (C=O) groups excluding carboxylic acids is 1. The fourth-order valence-electron chi connectivity index (χ4n) is 3.22. The van der Waals surface area contributed by atoms with E-state index in [0.29, 0.717) is 11.8 Å². The summed E-state index contributed by atoms with van der Waals surface area (Å²) in [6.45, 7) is 9.03. The number of ether oxygens (including phenoxy) is 1. The van der Waals surface area contributed by atoms with Gasteiger partial charge in [-0.15, -0.1) is 11.8 Å². The van der Waals surface area contributed by atoms with Gasteiger partial charge in [-0.05, 0) is 25.1 Å². The largest absolute Gasteiger partial charge is 0.379 e. The molecule has 2 heterocycles. The van der Waals surface area contributed by atoms with Crippen molar-refractivity contribution in [2.24, 2.45) is 0 Å². The van der Waals surface area contributed by atoms with Gasteiger partial charge in [-0.2, -0.15) is 0 Å².